The maximum Gasteiger partial charge on any atom is 0.229 e. The Morgan fingerprint density at radius 2 is 1.72 bits per heavy atom. The minimum absolute atomic E-state index is 0.403. The lowest BCUT2D eigenvalue weighted by Crippen LogP contribution is -2.09. The van der Waals surface area contributed by atoms with Crippen molar-refractivity contribution >= 4 is 27.5 Å². The zero-order valence-electron chi connectivity index (χ0n) is 16.1. The van der Waals surface area contributed by atoms with Gasteiger partial charge in [-0.2, -0.15) is 5.26 Å². The van der Waals surface area contributed by atoms with Crippen molar-refractivity contribution in [2.24, 2.45) is 0 Å². The molecule has 0 unspecified atom stereocenters. The fraction of sp³-hybridized carbons (Fsp3) is 0.190. The first-order valence-electron chi connectivity index (χ1n) is 8.85. The van der Waals surface area contributed by atoms with Crippen LogP contribution in [-0.4, -0.2) is 24.6 Å². The second-order valence-electron chi connectivity index (χ2n) is 6.60. The third-order valence-electron chi connectivity index (χ3n) is 4.02. The molecule has 0 fully saturated rings. The molecule has 0 atom stereocenters. The van der Waals surface area contributed by atoms with E-state index in [1.54, 1.807) is 23.9 Å². The molecule has 0 aliphatic carbocycles. The number of hydrogen-bond acceptors (Lipinski definition) is 6. The largest absolute Gasteiger partial charge is 0.284 e. The molecule has 29 heavy (non-hydrogen) atoms. The first-order valence-corrected chi connectivity index (χ1v) is 11.6. The summed E-state index contributed by atoms with van der Waals surface area (Å²) in [7, 11) is -3.29. The van der Waals surface area contributed by atoms with Gasteiger partial charge in [0.1, 0.15) is 10.9 Å². The van der Waals surface area contributed by atoms with Gasteiger partial charge in [0.15, 0.2) is 0 Å². The summed E-state index contributed by atoms with van der Waals surface area (Å²) in [6, 6.07) is 17.2. The molecule has 0 radical (unpaired) electrons. The van der Waals surface area contributed by atoms with Crippen molar-refractivity contribution in [2.45, 2.75) is 29.7 Å². The van der Waals surface area contributed by atoms with Crippen LogP contribution in [0.4, 0.5) is 5.69 Å². The first kappa shape index (κ1) is 20.8. The molecular weight excluding hydrogens is 404 g/mol. The second-order valence-corrected chi connectivity index (χ2v) is 9.41. The van der Waals surface area contributed by atoms with Crippen LogP contribution in [0.3, 0.4) is 0 Å². The fourth-order valence-corrected chi connectivity index (χ4v) is 4.04. The second kappa shape index (κ2) is 9.07. The predicted octanol–water partition coefficient (Wildman–Crippen LogP) is 3.96. The number of anilines is 1. The van der Waals surface area contributed by atoms with E-state index in [-0.39, 0.29) is 0 Å². The van der Waals surface area contributed by atoms with Crippen LogP contribution in [0.1, 0.15) is 22.5 Å². The Bertz CT molecular complexity index is 1140. The van der Waals surface area contributed by atoms with Crippen molar-refractivity contribution in [3.05, 3.63) is 77.2 Å². The highest BCUT2D eigenvalue weighted by Crippen LogP contribution is 2.29. The van der Waals surface area contributed by atoms with Gasteiger partial charge >= 0.3 is 0 Å². The van der Waals surface area contributed by atoms with Crippen LogP contribution in [0.25, 0.3) is 0 Å². The average molecular weight is 425 g/mol. The summed E-state index contributed by atoms with van der Waals surface area (Å²) in [5.74, 6) is 0.697. The molecule has 8 heteroatoms. The van der Waals surface area contributed by atoms with Crippen molar-refractivity contribution in [1.82, 2.24) is 9.97 Å². The number of nitriles is 1. The normalized spacial score (nSPS) is 11.1. The Labute approximate surface area is 175 Å². The summed E-state index contributed by atoms with van der Waals surface area (Å²) in [5, 5.41) is 9.66. The van der Waals surface area contributed by atoms with Crippen LogP contribution in [-0.2, 0) is 22.9 Å². The van der Waals surface area contributed by atoms with Gasteiger partial charge in [-0.25, -0.2) is 18.4 Å². The molecule has 1 N–H and O–H groups in total. The number of aromatic nitrogens is 2. The van der Waals surface area contributed by atoms with Gasteiger partial charge in [-0.15, -0.1) is 0 Å². The average Bonchev–Trinajstić information content (AvgIpc) is 2.67. The molecule has 1 aromatic heterocycles. The molecule has 0 amide bonds. The van der Waals surface area contributed by atoms with E-state index < -0.39 is 10.0 Å². The number of nitrogens with zero attached hydrogens (tertiary/aromatic N) is 3. The molecular formula is C21H20N4O2S2. The first-order chi connectivity index (χ1) is 13.8. The number of nitrogens with one attached hydrogen (secondary N) is 1. The lowest BCUT2D eigenvalue weighted by Gasteiger charge is -2.08. The van der Waals surface area contributed by atoms with E-state index in [4.69, 9.17) is 10.2 Å². The highest BCUT2D eigenvalue weighted by atomic mass is 32.2. The zero-order valence-corrected chi connectivity index (χ0v) is 17.7. The smallest absolute Gasteiger partial charge is 0.229 e. The standard InChI is InChI=1S/C21H20N4O2S2/c1-15-14-23-20(13-17-3-7-18(8-4-17)25-29(2,26)27)24-21(15)28-19-9-5-16(6-10-19)11-12-22/h3-10,14,25H,11,13H2,1-2H3. The van der Waals surface area contributed by atoms with Crippen LogP contribution in [0.5, 0.6) is 0 Å². The minimum Gasteiger partial charge on any atom is -0.284 e. The molecule has 0 saturated heterocycles. The summed E-state index contributed by atoms with van der Waals surface area (Å²) < 4.78 is 25.0. The topological polar surface area (TPSA) is 95.7 Å². The van der Waals surface area contributed by atoms with Gasteiger partial charge in [0.2, 0.25) is 10.0 Å². The van der Waals surface area contributed by atoms with E-state index >= 15 is 0 Å². The fourth-order valence-electron chi connectivity index (χ4n) is 2.61. The Morgan fingerprint density at radius 3 is 2.34 bits per heavy atom. The molecule has 3 aromatic rings. The monoisotopic (exact) mass is 424 g/mol. The summed E-state index contributed by atoms with van der Waals surface area (Å²) in [6.45, 7) is 1.97. The van der Waals surface area contributed by atoms with Crippen molar-refractivity contribution in [2.75, 3.05) is 11.0 Å². The quantitative estimate of drug-likeness (QED) is 0.577. The van der Waals surface area contributed by atoms with Crippen LogP contribution in [0.2, 0.25) is 0 Å². The number of rotatable bonds is 7. The molecule has 0 aliphatic heterocycles. The van der Waals surface area contributed by atoms with E-state index in [1.165, 1.54) is 0 Å². The van der Waals surface area contributed by atoms with Crippen molar-refractivity contribution in [3.8, 4) is 6.07 Å². The van der Waals surface area contributed by atoms with Crippen LogP contribution < -0.4 is 4.72 Å². The number of hydrogen-bond donors (Lipinski definition) is 1. The Balaban J connectivity index is 1.72. The Hall–Kier alpha value is -2.89. The molecule has 2 aromatic carbocycles. The van der Waals surface area contributed by atoms with E-state index in [0.717, 1.165) is 32.9 Å². The molecule has 0 spiro atoms. The molecule has 6 nitrogen and oxygen atoms in total. The lowest BCUT2D eigenvalue weighted by molar-refractivity contribution is 0.607. The van der Waals surface area contributed by atoms with E-state index in [2.05, 4.69) is 15.8 Å². The van der Waals surface area contributed by atoms with Gasteiger partial charge in [-0.3, -0.25) is 4.72 Å². The van der Waals surface area contributed by atoms with Gasteiger partial charge in [0, 0.05) is 23.2 Å². The molecule has 1 heterocycles. The summed E-state index contributed by atoms with van der Waals surface area (Å²) >= 11 is 1.56. The highest BCUT2D eigenvalue weighted by molar-refractivity contribution is 7.99. The summed E-state index contributed by atoms with van der Waals surface area (Å²) in [6.07, 6.45) is 3.89. The number of benzene rings is 2. The van der Waals surface area contributed by atoms with Crippen molar-refractivity contribution in [1.29, 1.82) is 5.26 Å². The number of aryl methyl sites for hydroxylation is 1. The van der Waals surface area contributed by atoms with Crippen molar-refractivity contribution in [3.63, 3.8) is 0 Å². The van der Waals surface area contributed by atoms with Gasteiger partial charge in [-0.05, 0) is 47.9 Å². The van der Waals surface area contributed by atoms with Gasteiger partial charge in [0.05, 0.1) is 18.7 Å². The zero-order chi connectivity index (χ0) is 20.9. The van der Waals surface area contributed by atoms with E-state index in [0.29, 0.717) is 24.4 Å². The SMILES string of the molecule is Cc1cnc(Cc2ccc(NS(C)(=O)=O)cc2)nc1Sc1ccc(CC#N)cc1. The Kier molecular flexibility index (Phi) is 6.52. The van der Waals surface area contributed by atoms with Gasteiger partial charge in [-0.1, -0.05) is 36.0 Å². The predicted molar refractivity (Wildman–Crippen MR) is 114 cm³/mol. The minimum atomic E-state index is -3.29. The maximum absolute atomic E-state index is 11.3. The van der Waals surface area contributed by atoms with E-state index in [1.807, 2.05) is 49.5 Å². The molecule has 0 aliphatic rings. The Morgan fingerprint density at radius 1 is 1.07 bits per heavy atom. The third-order valence-corrected chi connectivity index (χ3v) is 5.74. The van der Waals surface area contributed by atoms with E-state index in [9.17, 15) is 8.42 Å². The summed E-state index contributed by atoms with van der Waals surface area (Å²) in [5.41, 5.74) is 3.50. The summed E-state index contributed by atoms with van der Waals surface area (Å²) in [4.78, 5) is 10.2. The molecule has 3 rings (SSSR count). The molecule has 0 saturated carbocycles. The number of sulfonamides is 1. The third kappa shape index (κ3) is 6.31. The highest BCUT2D eigenvalue weighted by Gasteiger charge is 2.08. The van der Waals surface area contributed by atoms with Gasteiger partial charge in [0.25, 0.3) is 0 Å². The van der Waals surface area contributed by atoms with Gasteiger partial charge < -0.3 is 0 Å². The maximum atomic E-state index is 11.3. The lowest BCUT2D eigenvalue weighted by atomic mass is 10.1. The molecule has 148 valence electrons. The van der Waals surface area contributed by atoms with Crippen molar-refractivity contribution < 1.29 is 8.42 Å². The van der Waals surface area contributed by atoms with Crippen LogP contribution in [0, 0.1) is 18.3 Å². The van der Waals surface area contributed by atoms with Crippen LogP contribution >= 0.6 is 11.8 Å². The van der Waals surface area contributed by atoms with Crippen LogP contribution in [0.15, 0.2) is 64.6 Å². The molecule has 0 bridgehead atoms.